The lowest BCUT2D eigenvalue weighted by Gasteiger charge is -2.10. The summed E-state index contributed by atoms with van der Waals surface area (Å²) in [6.45, 7) is 0.479. The van der Waals surface area contributed by atoms with E-state index in [1.165, 1.54) is 0 Å². The summed E-state index contributed by atoms with van der Waals surface area (Å²) in [7, 11) is 0. The van der Waals surface area contributed by atoms with Crippen LogP contribution in [0.1, 0.15) is 15.9 Å². The molecule has 0 saturated heterocycles. The Labute approximate surface area is 140 Å². The van der Waals surface area contributed by atoms with Crippen molar-refractivity contribution in [3.63, 3.8) is 0 Å². The molecule has 0 heterocycles. The van der Waals surface area contributed by atoms with Crippen molar-refractivity contribution in [1.29, 1.82) is 0 Å². The van der Waals surface area contributed by atoms with Crippen molar-refractivity contribution in [2.75, 3.05) is 5.73 Å². The summed E-state index contributed by atoms with van der Waals surface area (Å²) < 4.78 is 5.81. The number of nitrogen functional groups attached to an aromatic ring is 1. The monoisotopic (exact) mass is 319 g/mol. The minimum atomic E-state index is -1.04. The van der Waals surface area contributed by atoms with Gasteiger partial charge in [-0.3, -0.25) is 0 Å². The van der Waals surface area contributed by atoms with Crippen molar-refractivity contribution < 1.29 is 14.6 Å². The molecule has 0 aliphatic carbocycles. The number of aromatic carboxylic acids is 1. The summed E-state index contributed by atoms with van der Waals surface area (Å²) >= 11 is 0. The minimum Gasteiger partial charge on any atom is -0.489 e. The Morgan fingerprint density at radius 2 is 1.67 bits per heavy atom. The number of carbonyl (C=O) groups is 1. The zero-order valence-corrected chi connectivity index (χ0v) is 13.0. The second-order valence-corrected chi connectivity index (χ2v) is 5.41. The van der Waals surface area contributed by atoms with Crippen molar-refractivity contribution in [1.82, 2.24) is 0 Å². The number of carboxylic acids is 1. The second-order valence-electron chi connectivity index (χ2n) is 5.41. The number of hydrogen-bond donors (Lipinski definition) is 2. The first-order valence-electron chi connectivity index (χ1n) is 7.53. The molecule has 0 unspecified atom stereocenters. The number of rotatable bonds is 5. The first kappa shape index (κ1) is 15.6. The van der Waals surface area contributed by atoms with Gasteiger partial charge < -0.3 is 15.6 Å². The molecule has 0 amide bonds. The fourth-order valence-corrected chi connectivity index (χ4v) is 2.43. The fourth-order valence-electron chi connectivity index (χ4n) is 2.43. The van der Waals surface area contributed by atoms with Gasteiger partial charge in [-0.2, -0.15) is 0 Å². The lowest BCUT2D eigenvalue weighted by molar-refractivity contribution is 0.0698. The van der Waals surface area contributed by atoms with Gasteiger partial charge in [0.15, 0.2) is 0 Å². The molecule has 0 spiro atoms. The molecule has 24 heavy (non-hydrogen) atoms. The van der Waals surface area contributed by atoms with E-state index in [2.05, 4.69) is 0 Å². The van der Waals surface area contributed by atoms with E-state index in [0.29, 0.717) is 6.61 Å². The molecule has 4 heteroatoms. The molecule has 0 fully saturated rings. The standard InChI is InChI=1S/C20H17NO3/c21-19-10-9-16(12-18(19)20(22)23)15-7-4-8-17(11-15)24-13-14-5-2-1-3-6-14/h1-12H,13,21H2,(H,22,23). The van der Waals surface area contributed by atoms with Crippen molar-refractivity contribution in [3.8, 4) is 16.9 Å². The molecule has 0 aromatic heterocycles. The average molecular weight is 319 g/mol. The normalized spacial score (nSPS) is 10.3. The zero-order chi connectivity index (χ0) is 16.9. The molecular formula is C20H17NO3. The lowest BCUT2D eigenvalue weighted by Crippen LogP contribution is -2.02. The molecule has 0 aliphatic heterocycles. The number of carboxylic acid groups (broad SMARTS) is 1. The Morgan fingerprint density at radius 1 is 0.917 bits per heavy atom. The second kappa shape index (κ2) is 6.87. The first-order valence-corrected chi connectivity index (χ1v) is 7.53. The summed E-state index contributed by atoms with van der Waals surface area (Å²) in [4.78, 5) is 11.2. The molecule has 3 aromatic carbocycles. The average Bonchev–Trinajstić information content (AvgIpc) is 2.61. The van der Waals surface area contributed by atoms with E-state index in [9.17, 15) is 9.90 Å². The van der Waals surface area contributed by atoms with Gasteiger partial charge in [0.05, 0.1) is 5.56 Å². The van der Waals surface area contributed by atoms with Crippen molar-refractivity contribution >= 4 is 11.7 Å². The Morgan fingerprint density at radius 3 is 2.42 bits per heavy atom. The molecule has 3 N–H and O–H groups in total. The Hall–Kier alpha value is -3.27. The van der Waals surface area contributed by atoms with E-state index in [1.807, 2.05) is 54.6 Å². The first-order chi connectivity index (χ1) is 11.6. The SMILES string of the molecule is Nc1ccc(-c2cccc(OCc3ccccc3)c2)cc1C(=O)O. The van der Waals surface area contributed by atoms with Gasteiger partial charge in [0.2, 0.25) is 0 Å². The molecule has 3 aromatic rings. The van der Waals surface area contributed by atoms with Crippen LogP contribution >= 0.6 is 0 Å². The Bertz CT molecular complexity index is 860. The summed E-state index contributed by atoms with van der Waals surface area (Å²) in [5.74, 6) is -0.309. The number of anilines is 1. The largest absolute Gasteiger partial charge is 0.489 e. The number of hydrogen-bond acceptors (Lipinski definition) is 3. The number of nitrogens with two attached hydrogens (primary N) is 1. The molecule has 3 rings (SSSR count). The maximum absolute atomic E-state index is 11.2. The Kier molecular flexibility index (Phi) is 4.47. The van der Waals surface area contributed by atoms with Crippen LogP contribution in [0.25, 0.3) is 11.1 Å². The summed E-state index contributed by atoms with van der Waals surface area (Å²) in [6, 6.07) is 22.5. The van der Waals surface area contributed by atoms with Crippen LogP contribution in [0.5, 0.6) is 5.75 Å². The van der Waals surface area contributed by atoms with Gasteiger partial charge in [0.25, 0.3) is 0 Å². The topological polar surface area (TPSA) is 72.5 Å². The highest BCUT2D eigenvalue weighted by Crippen LogP contribution is 2.27. The third-order valence-corrected chi connectivity index (χ3v) is 3.70. The van der Waals surface area contributed by atoms with Gasteiger partial charge in [-0.25, -0.2) is 4.79 Å². The van der Waals surface area contributed by atoms with E-state index in [0.717, 1.165) is 22.4 Å². The van der Waals surface area contributed by atoms with Gasteiger partial charge in [0, 0.05) is 5.69 Å². The van der Waals surface area contributed by atoms with Crippen molar-refractivity contribution in [2.45, 2.75) is 6.61 Å². The van der Waals surface area contributed by atoms with Crippen LogP contribution in [-0.2, 0) is 6.61 Å². The molecule has 120 valence electrons. The summed E-state index contributed by atoms with van der Waals surface area (Å²) in [5, 5.41) is 9.20. The van der Waals surface area contributed by atoms with Crippen molar-refractivity contribution in [3.05, 3.63) is 83.9 Å². The zero-order valence-electron chi connectivity index (χ0n) is 13.0. The summed E-state index contributed by atoms with van der Waals surface area (Å²) in [6.07, 6.45) is 0. The van der Waals surface area contributed by atoms with E-state index in [4.69, 9.17) is 10.5 Å². The van der Waals surface area contributed by atoms with Gasteiger partial charge >= 0.3 is 5.97 Å². The molecule has 4 nitrogen and oxygen atoms in total. The van der Waals surface area contributed by atoms with Crippen molar-refractivity contribution in [2.24, 2.45) is 0 Å². The van der Waals surface area contributed by atoms with Crippen LogP contribution in [0, 0.1) is 0 Å². The third kappa shape index (κ3) is 3.55. The highest BCUT2D eigenvalue weighted by atomic mass is 16.5. The van der Waals surface area contributed by atoms with Gasteiger partial charge in [-0.05, 0) is 41.0 Å². The van der Waals surface area contributed by atoms with Crippen LogP contribution in [0.2, 0.25) is 0 Å². The van der Waals surface area contributed by atoms with E-state index < -0.39 is 5.97 Å². The highest BCUT2D eigenvalue weighted by Gasteiger charge is 2.10. The smallest absolute Gasteiger partial charge is 0.337 e. The van der Waals surface area contributed by atoms with E-state index in [1.54, 1.807) is 18.2 Å². The fraction of sp³-hybridized carbons (Fsp3) is 0.0500. The quantitative estimate of drug-likeness (QED) is 0.691. The highest BCUT2D eigenvalue weighted by molar-refractivity contribution is 5.95. The minimum absolute atomic E-state index is 0.100. The van der Waals surface area contributed by atoms with Gasteiger partial charge in [0.1, 0.15) is 12.4 Å². The lowest BCUT2D eigenvalue weighted by atomic mass is 10.0. The molecule has 0 atom stereocenters. The summed E-state index contributed by atoms with van der Waals surface area (Å²) in [5.41, 5.74) is 8.81. The van der Waals surface area contributed by atoms with Crippen LogP contribution in [-0.4, -0.2) is 11.1 Å². The molecule has 0 saturated carbocycles. The predicted octanol–water partition coefficient (Wildman–Crippen LogP) is 4.21. The van der Waals surface area contributed by atoms with Crippen LogP contribution in [0.4, 0.5) is 5.69 Å². The maximum atomic E-state index is 11.2. The number of ether oxygens (including phenoxy) is 1. The molecule has 0 aliphatic rings. The van der Waals surface area contributed by atoms with E-state index >= 15 is 0 Å². The Balaban J connectivity index is 1.83. The predicted molar refractivity (Wildman–Crippen MR) is 94.0 cm³/mol. The number of benzene rings is 3. The maximum Gasteiger partial charge on any atom is 0.337 e. The van der Waals surface area contributed by atoms with E-state index in [-0.39, 0.29) is 11.3 Å². The molecule has 0 radical (unpaired) electrons. The van der Waals surface area contributed by atoms with Crippen LogP contribution in [0.3, 0.4) is 0 Å². The third-order valence-electron chi connectivity index (χ3n) is 3.70. The van der Waals surface area contributed by atoms with Gasteiger partial charge in [-0.15, -0.1) is 0 Å². The van der Waals surface area contributed by atoms with Gasteiger partial charge in [-0.1, -0.05) is 48.5 Å². The van der Waals surface area contributed by atoms with Crippen LogP contribution in [0.15, 0.2) is 72.8 Å². The molecule has 0 bridgehead atoms. The van der Waals surface area contributed by atoms with Crippen LogP contribution < -0.4 is 10.5 Å². The molecular weight excluding hydrogens is 302 g/mol.